The number of β-amino-alcohol motifs (C(OH)–C–C–N with tert-alkyl or cyclic N) is 1. The molecule has 0 spiro atoms. The van der Waals surface area contributed by atoms with Gasteiger partial charge in [0.05, 0.1) is 29.8 Å². The Kier molecular flexibility index (Phi) is 8.92. The van der Waals surface area contributed by atoms with Crippen molar-refractivity contribution in [2.75, 3.05) is 13.1 Å². The lowest BCUT2D eigenvalue weighted by molar-refractivity contribution is -0.278. The molecule has 1 aliphatic heterocycles. The second-order valence-electron chi connectivity index (χ2n) is 13.0. The molecule has 1 aliphatic carbocycles. The predicted molar refractivity (Wildman–Crippen MR) is 163 cm³/mol. The summed E-state index contributed by atoms with van der Waals surface area (Å²) in [6.45, 7) is 5.91. The molecule has 3 aromatic carbocycles. The SMILES string of the molecule is CC(C)(C)N(C(=O)[O-])[C@@H](Cc1ccccc1)[C@]1(O)CCN([C@@H](Cc2ccccc2)C(=O)N[C@H]2c3ccccc3C[C@H]2O)C1. The maximum atomic E-state index is 14.1. The first kappa shape index (κ1) is 30.7. The van der Waals surface area contributed by atoms with Gasteiger partial charge in [-0.15, -0.1) is 0 Å². The molecule has 0 aromatic heterocycles. The highest BCUT2D eigenvalue weighted by molar-refractivity contribution is 5.83. The highest BCUT2D eigenvalue weighted by Crippen LogP contribution is 2.36. The number of nitrogens with one attached hydrogen (secondary N) is 1. The molecule has 2 amide bonds. The minimum atomic E-state index is -1.43. The van der Waals surface area contributed by atoms with Crippen LogP contribution in [0.5, 0.6) is 0 Å². The van der Waals surface area contributed by atoms with Crippen LogP contribution in [-0.2, 0) is 24.1 Å². The Morgan fingerprint density at radius 3 is 2.16 bits per heavy atom. The third-order valence-electron chi connectivity index (χ3n) is 8.95. The zero-order chi connectivity index (χ0) is 30.8. The van der Waals surface area contributed by atoms with Crippen LogP contribution >= 0.6 is 0 Å². The van der Waals surface area contributed by atoms with Gasteiger partial charge in [-0.25, -0.2) is 0 Å². The number of likely N-dealkylation sites (tertiary alicyclic amines) is 1. The summed E-state index contributed by atoms with van der Waals surface area (Å²) in [4.78, 5) is 29.9. The van der Waals surface area contributed by atoms with Gasteiger partial charge in [0.25, 0.3) is 0 Å². The van der Waals surface area contributed by atoms with Gasteiger partial charge in [-0.3, -0.25) is 9.69 Å². The number of nitrogens with zero attached hydrogens (tertiary/aromatic N) is 2. The van der Waals surface area contributed by atoms with E-state index in [-0.39, 0.29) is 18.9 Å². The molecule has 0 bridgehead atoms. The minimum Gasteiger partial charge on any atom is -0.530 e. The molecule has 3 N–H and O–H groups in total. The fourth-order valence-electron chi connectivity index (χ4n) is 6.83. The number of hydrogen-bond acceptors (Lipinski definition) is 6. The highest BCUT2D eigenvalue weighted by atomic mass is 16.4. The van der Waals surface area contributed by atoms with Crippen LogP contribution in [0.3, 0.4) is 0 Å². The van der Waals surface area contributed by atoms with Crippen LogP contribution < -0.4 is 10.4 Å². The number of rotatable bonds is 9. The Morgan fingerprint density at radius 1 is 0.977 bits per heavy atom. The Balaban J connectivity index is 1.44. The van der Waals surface area contributed by atoms with E-state index in [9.17, 15) is 24.9 Å². The van der Waals surface area contributed by atoms with Crippen LogP contribution in [0.2, 0.25) is 0 Å². The van der Waals surface area contributed by atoms with Crippen molar-refractivity contribution >= 4 is 12.0 Å². The van der Waals surface area contributed by atoms with E-state index < -0.39 is 41.5 Å². The van der Waals surface area contributed by atoms with E-state index in [1.165, 1.54) is 4.90 Å². The quantitative estimate of drug-likeness (QED) is 0.356. The van der Waals surface area contributed by atoms with Crippen LogP contribution in [0.15, 0.2) is 84.9 Å². The van der Waals surface area contributed by atoms with Gasteiger partial charge in [0.2, 0.25) is 5.91 Å². The summed E-state index contributed by atoms with van der Waals surface area (Å²) >= 11 is 0. The molecule has 3 aromatic rings. The highest BCUT2D eigenvalue weighted by Gasteiger charge is 2.50. The molecular formula is C35H42N3O5-. The fraction of sp³-hybridized carbons (Fsp3) is 0.429. The molecule has 1 saturated heterocycles. The molecule has 0 saturated carbocycles. The van der Waals surface area contributed by atoms with E-state index >= 15 is 0 Å². The molecule has 1 fully saturated rings. The van der Waals surface area contributed by atoms with Crippen LogP contribution in [0.25, 0.3) is 0 Å². The van der Waals surface area contributed by atoms with Gasteiger partial charge < -0.3 is 30.3 Å². The first-order valence-electron chi connectivity index (χ1n) is 15.1. The van der Waals surface area contributed by atoms with Gasteiger partial charge >= 0.3 is 0 Å². The topological polar surface area (TPSA) is 116 Å². The summed E-state index contributed by atoms with van der Waals surface area (Å²) in [5.74, 6) is -0.235. The van der Waals surface area contributed by atoms with E-state index in [0.29, 0.717) is 25.8 Å². The molecule has 2 aliphatic rings. The van der Waals surface area contributed by atoms with Crippen LogP contribution in [0.4, 0.5) is 4.79 Å². The van der Waals surface area contributed by atoms with Crippen LogP contribution in [-0.4, -0.2) is 74.4 Å². The van der Waals surface area contributed by atoms with Crippen molar-refractivity contribution in [3.8, 4) is 0 Å². The van der Waals surface area contributed by atoms with Gasteiger partial charge in [0.15, 0.2) is 0 Å². The molecule has 228 valence electrons. The Labute approximate surface area is 254 Å². The average molecular weight is 585 g/mol. The van der Waals surface area contributed by atoms with Gasteiger partial charge in [0.1, 0.15) is 6.09 Å². The van der Waals surface area contributed by atoms with Crippen molar-refractivity contribution in [3.63, 3.8) is 0 Å². The van der Waals surface area contributed by atoms with Gasteiger partial charge in [-0.05, 0) is 62.3 Å². The van der Waals surface area contributed by atoms with Crippen molar-refractivity contribution in [2.45, 2.75) is 81.8 Å². The van der Waals surface area contributed by atoms with E-state index in [2.05, 4.69) is 5.32 Å². The lowest BCUT2D eigenvalue weighted by Gasteiger charge is -2.49. The lowest BCUT2D eigenvalue weighted by Crippen LogP contribution is -2.65. The van der Waals surface area contributed by atoms with Crippen molar-refractivity contribution in [1.82, 2.24) is 15.1 Å². The molecule has 8 heteroatoms. The largest absolute Gasteiger partial charge is 0.530 e. The number of fused-ring (bicyclic) bond motifs is 1. The number of aliphatic hydroxyl groups excluding tert-OH is 1. The molecule has 8 nitrogen and oxygen atoms in total. The van der Waals surface area contributed by atoms with Crippen LogP contribution in [0.1, 0.15) is 55.5 Å². The van der Waals surface area contributed by atoms with Gasteiger partial charge in [0, 0.05) is 25.0 Å². The maximum Gasteiger partial charge on any atom is 0.238 e. The third-order valence-corrected chi connectivity index (χ3v) is 8.95. The van der Waals surface area contributed by atoms with E-state index in [1.54, 1.807) is 20.8 Å². The zero-order valence-corrected chi connectivity index (χ0v) is 25.1. The predicted octanol–water partition coefficient (Wildman–Crippen LogP) is 2.86. The number of carboxylic acid groups (broad SMARTS) is 1. The fourth-order valence-corrected chi connectivity index (χ4v) is 6.83. The first-order chi connectivity index (χ1) is 20.5. The second kappa shape index (κ2) is 12.5. The Hall–Kier alpha value is -3.72. The van der Waals surface area contributed by atoms with Crippen molar-refractivity contribution in [1.29, 1.82) is 0 Å². The molecule has 0 radical (unpaired) electrons. The number of benzene rings is 3. The molecule has 5 atom stereocenters. The summed E-state index contributed by atoms with van der Waals surface area (Å²) in [5.41, 5.74) is 1.55. The first-order valence-corrected chi connectivity index (χ1v) is 15.1. The molecule has 43 heavy (non-hydrogen) atoms. The molecule has 5 rings (SSSR count). The van der Waals surface area contributed by atoms with Crippen molar-refractivity contribution in [2.24, 2.45) is 0 Å². The summed E-state index contributed by atoms with van der Waals surface area (Å²) < 4.78 is 0. The van der Waals surface area contributed by atoms with Crippen molar-refractivity contribution in [3.05, 3.63) is 107 Å². The van der Waals surface area contributed by atoms with Crippen LogP contribution in [0, 0.1) is 0 Å². The Morgan fingerprint density at radius 2 is 1.56 bits per heavy atom. The third kappa shape index (κ3) is 6.77. The summed E-state index contributed by atoms with van der Waals surface area (Å²) in [7, 11) is 0. The molecule has 1 heterocycles. The second-order valence-corrected chi connectivity index (χ2v) is 13.0. The molecule has 0 unspecified atom stereocenters. The number of hydrogen-bond donors (Lipinski definition) is 3. The zero-order valence-electron chi connectivity index (χ0n) is 25.1. The summed E-state index contributed by atoms with van der Waals surface area (Å²) in [5, 5.41) is 38.8. The monoisotopic (exact) mass is 584 g/mol. The van der Waals surface area contributed by atoms with E-state index in [4.69, 9.17) is 0 Å². The van der Waals surface area contributed by atoms with E-state index in [1.807, 2.05) is 89.8 Å². The minimum absolute atomic E-state index is 0.110. The summed E-state index contributed by atoms with van der Waals surface area (Å²) in [6, 6.07) is 25.1. The number of aliphatic hydroxyl groups is 2. The standard InChI is InChI=1S/C35H43N3O5/c1-34(2,3)38(33(41)42)30(21-25-14-8-5-9-15-25)35(43)18-19-37(23-35)28(20-24-12-6-4-7-13-24)32(40)36-31-27-17-11-10-16-26(27)22-29(31)39/h4-17,28-31,39,43H,18-23H2,1-3H3,(H,36,40)(H,41,42)/p-1/t28-,29+,30-,31-,35-/m0/s1. The Bertz CT molecular complexity index is 1410. The van der Waals surface area contributed by atoms with Gasteiger partial charge in [-0.1, -0.05) is 84.9 Å². The maximum absolute atomic E-state index is 14.1. The average Bonchev–Trinajstić information content (AvgIpc) is 3.51. The lowest BCUT2D eigenvalue weighted by atomic mass is 9.84. The number of carbonyl (C=O) groups excluding carboxylic acids is 2. The van der Waals surface area contributed by atoms with Crippen molar-refractivity contribution < 1.29 is 24.9 Å². The smallest absolute Gasteiger partial charge is 0.238 e. The van der Waals surface area contributed by atoms with Gasteiger partial charge in [-0.2, -0.15) is 0 Å². The molecular weight excluding hydrogens is 542 g/mol. The summed E-state index contributed by atoms with van der Waals surface area (Å²) in [6.07, 6.45) is -0.601. The number of carbonyl (C=O) groups is 2. The number of amides is 2. The van der Waals surface area contributed by atoms with E-state index in [0.717, 1.165) is 22.3 Å². The normalized spacial score (nSPS) is 23.4.